The minimum absolute atomic E-state index is 0.0240. The summed E-state index contributed by atoms with van der Waals surface area (Å²) in [6.07, 6.45) is 5.79. The second-order valence-electron chi connectivity index (χ2n) is 12.7. The van der Waals surface area contributed by atoms with Crippen LogP contribution in [-0.2, 0) is 27.1 Å². The highest BCUT2D eigenvalue weighted by Crippen LogP contribution is 2.38. The highest BCUT2D eigenvalue weighted by Gasteiger charge is 2.45. The van der Waals surface area contributed by atoms with Crippen molar-refractivity contribution in [3.8, 4) is 12.3 Å². The molecule has 38 heavy (non-hydrogen) atoms. The van der Waals surface area contributed by atoms with Gasteiger partial charge < -0.3 is 13.9 Å². The van der Waals surface area contributed by atoms with E-state index in [-0.39, 0.29) is 24.8 Å². The fourth-order valence-electron chi connectivity index (χ4n) is 3.58. The zero-order valence-corrected chi connectivity index (χ0v) is 26.1. The molecule has 0 saturated carbocycles. The molecule has 0 aromatic heterocycles. The average molecular weight is 538 g/mol. The molecule has 208 valence electrons. The molecule has 0 bridgehead atoms. The minimum Gasteiger partial charge on any atom is -0.444 e. The lowest BCUT2D eigenvalue weighted by molar-refractivity contribution is -0.0359. The first-order valence-electron chi connectivity index (χ1n) is 13.3. The number of nitrogens with zero attached hydrogens (tertiary/aromatic N) is 1. The fourth-order valence-corrected chi connectivity index (χ4v) is 4.61. The number of hydrogen-bond donors (Lipinski definition) is 0. The molecule has 0 saturated heterocycles. The Hall–Kier alpha value is -2.59. The maximum Gasteiger partial charge on any atom is 0.411 e. The summed E-state index contributed by atoms with van der Waals surface area (Å²) < 4.78 is 18.8. The van der Waals surface area contributed by atoms with Crippen LogP contribution < -0.4 is 0 Å². The summed E-state index contributed by atoms with van der Waals surface area (Å²) in [6, 6.07) is 16.1. The highest BCUT2D eigenvalue weighted by molar-refractivity contribution is 6.74. The molecule has 1 amide bonds. The summed E-state index contributed by atoms with van der Waals surface area (Å²) in [5.74, 6) is 2.93. The quantitative estimate of drug-likeness (QED) is 0.231. The third-order valence-corrected chi connectivity index (χ3v) is 11.7. The van der Waals surface area contributed by atoms with Crippen LogP contribution >= 0.6 is 0 Å². The van der Waals surface area contributed by atoms with Gasteiger partial charge in [-0.1, -0.05) is 75.2 Å². The number of carbonyl (C=O) groups excluding carboxylic acids is 1. The number of amides is 1. The smallest absolute Gasteiger partial charge is 0.411 e. The summed E-state index contributed by atoms with van der Waals surface area (Å²) in [4.78, 5) is 15.3. The largest absolute Gasteiger partial charge is 0.444 e. The van der Waals surface area contributed by atoms with Gasteiger partial charge in [0.25, 0.3) is 0 Å². The number of hydrogen-bond acceptors (Lipinski definition) is 4. The Balaban J connectivity index is 2.48. The molecule has 0 aliphatic heterocycles. The van der Waals surface area contributed by atoms with Crippen molar-refractivity contribution in [2.75, 3.05) is 13.2 Å². The standard InChI is InChI=1S/C32H47NO4Si/c1-12-32(24-36-38(10,11)31(7,8)9,23-35-22-28-19-18-25(2)26(3)20-28)33(29(34)37-30(4,5)6)21-27-16-14-13-15-17-27/h1,13-20H,21-24H2,2-11H3/t32-/m0/s1. The topological polar surface area (TPSA) is 48.0 Å². The van der Waals surface area contributed by atoms with Gasteiger partial charge in [-0.05, 0) is 75.0 Å². The molecule has 0 aliphatic rings. The van der Waals surface area contributed by atoms with Crippen molar-refractivity contribution < 1.29 is 18.7 Å². The van der Waals surface area contributed by atoms with Crippen molar-refractivity contribution >= 4 is 14.4 Å². The zero-order valence-electron chi connectivity index (χ0n) is 25.1. The van der Waals surface area contributed by atoms with Crippen LogP contribution in [0, 0.1) is 26.2 Å². The molecule has 2 rings (SSSR count). The van der Waals surface area contributed by atoms with E-state index in [1.165, 1.54) is 11.1 Å². The van der Waals surface area contributed by atoms with Crippen LogP contribution in [0.5, 0.6) is 0 Å². The van der Waals surface area contributed by atoms with E-state index in [1.54, 1.807) is 4.90 Å². The molecule has 0 unspecified atom stereocenters. The molecule has 0 heterocycles. The van der Waals surface area contributed by atoms with Crippen molar-refractivity contribution in [2.24, 2.45) is 0 Å². The van der Waals surface area contributed by atoms with E-state index in [0.29, 0.717) is 6.61 Å². The van der Waals surface area contributed by atoms with Gasteiger partial charge in [-0.2, -0.15) is 0 Å². The summed E-state index contributed by atoms with van der Waals surface area (Å²) in [5, 5.41) is -0.0240. The summed E-state index contributed by atoms with van der Waals surface area (Å²) >= 11 is 0. The lowest BCUT2D eigenvalue weighted by Gasteiger charge is -2.44. The Morgan fingerprint density at radius 3 is 2.08 bits per heavy atom. The van der Waals surface area contributed by atoms with Gasteiger partial charge in [0, 0.05) is 0 Å². The van der Waals surface area contributed by atoms with E-state index < -0.39 is 25.6 Å². The number of benzene rings is 2. The van der Waals surface area contributed by atoms with Gasteiger partial charge in [0.15, 0.2) is 13.9 Å². The first-order chi connectivity index (χ1) is 17.5. The molecule has 6 heteroatoms. The molecule has 0 fully saturated rings. The molecule has 0 N–H and O–H groups in total. The van der Waals surface area contributed by atoms with Gasteiger partial charge in [0.05, 0.1) is 26.4 Å². The lowest BCUT2D eigenvalue weighted by Crippen LogP contribution is -2.59. The molecule has 0 spiro atoms. The molecule has 2 aromatic carbocycles. The second-order valence-corrected chi connectivity index (χ2v) is 17.5. The molecule has 5 nitrogen and oxygen atoms in total. The average Bonchev–Trinajstić information content (AvgIpc) is 2.81. The molecular formula is C32H47NO4Si. The SMILES string of the molecule is C#C[C@](COCc1ccc(C)c(C)c1)(CO[Si](C)(C)C(C)(C)C)N(Cc1ccccc1)C(=O)OC(C)(C)C. The van der Waals surface area contributed by atoms with Gasteiger partial charge in [0.2, 0.25) is 0 Å². The van der Waals surface area contributed by atoms with E-state index in [2.05, 4.69) is 71.8 Å². The summed E-state index contributed by atoms with van der Waals surface area (Å²) in [7, 11) is -2.20. The van der Waals surface area contributed by atoms with Crippen molar-refractivity contribution in [3.63, 3.8) is 0 Å². The number of terminal acetylenes is 1. The third-order valence-electron chi connectivity index (χ3n) is 7.24. The van der Waals surface area contributed by atoms with E-state index in [4.69, 9.17) is 20.3 Å². The monoisotopic (exact) mass is 537 g/mol. The Morgan fingerprint density at radius 2 is 1.55 bits per heavy atom. The third kappa shape index (κ3) is 8.73. The predicted octanol–water partition coefficient (Wildman–Crippen LogP) is 7.65. The number of ether oxygens (including phenoxy) is 2. The maximum absolute atomic E-state index is 13.7. The molecule has 1 atom stereocenters. The second kappa shape index (κ2) is 12.5. The van der Waals surface area contributed by atoms with Gasteiger partial charge in [0.1, 0.15) is 5.60 Å². The van der Waals surface area contributed by atoms with Crippen LogP contribution in [0.2, 0.25) is 18.1 Å². The van der Waals surface area contributed by atoms with Gasteiger partial charge in [-0.25, -0.2) is 4.79 Å². The predicted molar refractivity (Wildman–Crippen MR) is 159 cm³/mol. The van der Waals surface area contributed by atoms with Crippen LogP contribution in [0.4, 0.5) is 4.79 Å². The van der Waals surface area contributed by atoms with Crippen LogP contribution in [0.3, 0.4) is 0 Å². The van der Waals surface area contributed by atoms with Crippen LogP contribution in [0.25, 0.3) is 0 Å². The van der Waals surface area contributed by atoms with Gasteiger partial charge >= 0.3 is 6.09 Å². The Bertz CT molecular complexity index is 1110. The van der Waals surface area contributed by atoms with E-state index >= 15 is 0 Å². The maximum atomic E-state index is 13.7. The van der Waals surface area contributed by atoms with Crippen LogP contribution in [0.1, 0.15) is 63.8 Å². The van der Waals surface area contributed by atoms with Crippen molar-refractivity contribution in [3.05, 3.63) is 70.8 Å². The van der Waals surface area contributed by atoms with Gasteiger partial charge in [-0.15, -0.1) is 6.42 Å². The van der Waals surface area contributed by atoms with Crippen LogP contribution in [-0.4, -0.2) is 43.7 Å². The zero-order chi connectivity index (χ0) is 28.8. The first-order valence-corrected chi connectivity index (χ1v) is 16.2. The molecule has 0 aliphatic carbocycles. The Kier molecular flexibility index (Phi) is 10.4. The van der Waals surface area contributed by atoms with E-state index in [9.17, 15) is 4.79 Å². The number of carbonyl (C=O) groups is 1. The molecule has 2 aromatic rings. The minimum atomic E-state index is -2.20. The van der Waals surface area contributed by atoms with Crippen molar-refractivity contribution in [1.29, 1.82) is 0 Å². The molecule has 0 radical (unpaired) electrons. The van der Waals surface area contributed by atoms with Gasteiger partial charge in [-0.3, -0.25) is 4.90 Å². The van der Waals surface area contributed by atoms with Crippen LogP contribution in [0.15, 0.2) is 48.5 Å². The van der Waals surface area contributed by atoms with Crippen molar-refractivity contribution in [1.82, 2.24) is 4.90 Å². The van der Waals surface area contributed by atoms with E-state index in [1.807, 2.05) is 51.1 Å². The lowest BCUT2D eigenvalue weighted by atomic mass is 9.99. The normalized spacial score (nSPS) is 13.9. The van der Waals surface area contributed by atoms with E-state index in [0.717, 1.165) is 11.1 Å². The summed E-state index contributed by atoms with van der Waals surface area (Å²) in [5.41, 5.74) is 2.57. The number of rotatable bonds is 10. The molecular weight excluding hydrogens is 490 g/mol. The Labute approximate surface area is 232 Å². The number of aryl methyl sites for hydroxylation is 2. The van der Waals surface area contributed by atoms with Crippen molar-refractivity contribution in [2.45, 2.75) is 97.8 Å². The fraction of sp³-hybridized carbons (Fsp3) is 0.531. The Morgan fingerprint density at radius 1 is 0.921 bits per heavy atom. The first kappa shape index (κ1) is 31.6. The highest BCUT2D eigenvalue weighted by atomic mass is 28.4. The summed E-state index contributed by atoms with van der Waals surface area (Å²) in [6.45, 7) is 21.5.